The molecule has 5 atom stereocenters. The summed E-state index contributed by atoms with van der Waals surface area (Å²) in [5, 5.41) is 13.8. The van der Waals surface area contributed by atoms with Crippen LogP contribution in [0.3, 0.4) is 0 Å². The lowest BCUT2D eigenvalue weighted by Gasteiger charge is -2.26. The van der Waals surface area contributed by atoms with E-state index >= 15 is 0 Å². The number of alkyl carbamates (subject to hydrolysis) is 1. The molecule has 12 heteroatoms. The van der Waals surface area contributed by atoms with Gasteiger partial charge in [0.1, 0.15) is 11.8 Å². The molecule has 0 radical (unpaired) electrons. The zero-order chi connectivity index (χ0) is 30.0. The minimum atomic E-state index is -4.22. The maximum atomic E-state index is 13.3. The summed E-state index contributed by atoms with van der Waals surface area (Å²) >= 11 is 0. The molecule has 5 unspecified atom stereocenters. The second-order valence-corrected chi connectivity index (χ2v) is 12.5. The number of ether oxygens (including phenoxy) is 2. The van der Waals surface area contributed by atoms with Crippen molar-refractivity contribution in [1.29, 1.82) is 0 Å². The van der Waals surface area contributed by atoms with Gasteiger partial charge in [-0.3, -0.25) is 18.9 Å². The first kappa shape index (κ1) is 32.5. The highest BCUT2D eigenvalue weighted by Crippen LogP contribution is 2.47. The number of hydrogen-bond acceptors (Lipinski definition) is 7. The van der Waals surface area contributed by atoms with Gasteiger partial charge in [-0.1, -0.05) is 68.4 Å². The third-order valence-corrected chi connectivity index (χ3v) is 8.39. The molecule has 2 aromatic rings. The predicted molar refractivity (Wildman–Crippen MR) is 148 cm³/mol. The van der Waals surface area contributed by atoms with E-state index in [0.29, 0.717) is 5.56 Å². The van der Waals surface area contributed by atoms with Gasteiger partial charge in [0, 0.05) is 13.1 Å². The van der Waals surface area contributed by atoms with Crippen molar-refractivity contribution >= 4 is 31.3 Å². The summed E-state index contributed by atoms with van der Waals surface area (Å²) in [7, 11) is -4.22. The molecule has 0 aliphatic heterocycles. The van der Waals surface area contributed by atoms with Gasteiger partial charge in [-0.25, -0.2) is 4.79 Å². The molecule has 0 aromatic heterocycles. The molecule has 0 saturated heterocycles. The molecule has 4 N–H and O–H groups in total. The first-order valence-electron chi connectivity index (χ1n) is 12.9. The molecular formula is C28H37N2O9P. The molecule has 0 fully saturated rings. The molecule has 0 aliphatic carbocycles. The Bertz CT molecular complexity index is 1220. The Morgan fingerprint density at radius 3 is 1.98 bits per heavy atom. The van der Waals surface area contributed by atoms with Gasteiger partial charge in [-0.05, 0) is 37.0 Å². The summed E-state index contributed by atoms with van der Waals surface area (Å²) in [4.78, 5) is 59.0. The van der Waals surface area contributed by atoms with Crippen molar-refractivity contribution in [3.8, 4) is 11.1 Å². The van der Waals surface area contributed by atoms with Gasteiger partial charge in [0.2, 0.25) is 19.6 Å². The van der Waals surface area contributed by atoms with E-state index in [1.165, 1.54) is 20.8 Å². The lowest BCUT2D eigenvalue weighted by molar-refractivity contribution is -0.168. The Hall–Kier alpha value is -3.69. The van der Waals surface area contributed by atoms with Gasteiger partial charge < -0.3 is 30.1 Å². The Morgan fingerprint density at radius 2 is 1.43 bits per heavy atom. The normalized spacial score (nSPS) is 15.6. The number of esters is 1. The van der Waals surface area contributed by atoms with Crippen molar-refractivity contribution in [3.63, 3.8) is 0 Å². The number of carbonyl (C=O) groups is 4. The Balaban J connectivity index is 2.14. The number of rotatable bonds is 13. The maximum Gasteiger partial charge on any atom is 0.410 e. The van der Waals surface area contributed by atoms with Gasteiger partial charge in [0.15, 0.2) is 0 Å². The zero-order valence-electron chi connectivity index (χ0n) is 23.2. The van der Waals surface area contributed by atoms with E-state index in [1.54, 1.807) is 26.0 Å². The van der Waals surface area contributed by atoms with E-state index in [9.17, 15) is 33.7 Å². The largest absolute Gasteiger partial charge is 0.480 e. The summed E-state index contributed by atoms with van der Waals surface area (Å²) in [6, 6.07) is 15.8. The predicted octanol–water partition coefficient (Wildman–Crippen LogP) is 3.99. The van der Waals surface area contributed by atoms with Crippen LogP contribution >= 0.6 is 7.37 Å². The third-order valence-electron chi connectivity index (χ3n) is 6.08. The van der Waals surface area contributed by atoms with Gasteiger partial charge >= 0.3 is 18.0 Å². The van der Waals surface area contributed by atoms with Crippen LogP contribution in [0.2, 0.25) is 0 Å². The van der Waals surface area contributed by atoms with Crippen molar-refractivity contribution in [2.45, 2.75) is 59.2 Å². The van der Waals surface area contributed by atoms with E-state index < -0.39 is 67.4 Å². The molecule has 0 aliphatic rings. The van der Waals surface area contributed by atoms with E-state index in [1.807, 2.05) is 42.5 Å². The SMILES string of the molecule is CC(OC(=O)NC(C)P(=O)(O)CC(Cc1ccc(-c2ccccc2)cc1)C(=O)NC(C)C(=O)O)OC(=O)C(C)C. The summed E-state index contributed by atoms with van der Waals surface area (Å²) in [6.07, 6.45) is -2.79. The fourth-order valence-electron chi connectivity index (χ4n) is 3.64. The van der Waals surface area contributed by atoms with E-state index in [-0.39, 0.29) is 6.42 Å². The molecular weight excluding hydrogens is 539 g/mol. The Labute approximate surface area is 233 Å². The number of carboxylic acids is 1. The van der Waals surface area contributed by atoms with Gasteiger partial charge in [-0.2, -0.15) is 0 Å². The number of benzene rings is 2. The van der Waals surface area contributed by atoms with Crippen LogP contribution < -0.4 is 10.6 Å². The lowest BCUT2D eigenvalue weighted by Crippen LogP contribution is -2.44. The van der Waals surface area contributed by atoms with Crippen molar-refractivity contribution in [2.24, 2.45) is 11.8 Å². The molecule has 2 amide bonds. The molecule has 0 saturated carbocycles. The molecule has 218 valence electrons. The van der Waals surface area contributed by atoms with Crippen molar-refractivity contribution in [3.05, 3.63) is 60.2 Å². The average Bonchev–Trinajstić information content (AvgIpc) is 2.88. The number of hydrogen-bond donors (Lipinski definition) is 4. The van der Waals surface area contributed by atoms with Crippen molar-refractivity contribution in [1.82, 2.24) is 10.6 Å². The molecule has 0 bridgehead atoms. The number of amides is 2. The molecule has 2 rings (SSSR count). The number of carboxylic acid groups (broad SMARTS) is 1. The number of nitrogens with one attached hydrogen (secondary N) is 2. The summed E-state index contributed by atoms with van der Waals surface area (Å²) < 4.78 is 23.2. The topological polar surface area (TPSA) is 168 Å². The van der Waals surface area contributed by atoms with Crippen LogP contribution in [0.1, 0.15) is 40.2 Å². The molecule has 2 aromatic carbocycles. The van der Waals surface area contributed by atoms with Crippen LogP contribution in [0.5, 0.6) is 0 Å². The van der Waals surface area contributed by atoms with Crippen LogP contribution in [0.15, 0.2) is 54.6 Å². The van der Waals surface area contributed by atoms with E-state index in [4.69, 9.17) is 9.47 Å². The minimum Gasteiger partial charge on any atom is -0.480 e. The van der Waals surface area contributed by atoms with Crippen LogP contribution in [-0.4, -0.2) is 58.2 Å². The van der Waals surface area contributed by atoms with Gasteiger partial charge in [0.25, 0.3) is 0 Å². The Kier molecular flexibility index (Phi) is 11.9. The molecule has 11 nitrogen and oxygen atoms in total. The lowest BCUT2D eigenvalue weighted by atomic mass is 9.97. The fourth-order valence-corrected chi connectivity index (χ4v) is 5.19. The average molecular weight is 577 g/mol. The molecule has 40 heavy (non-hydrogen) atoms. The van der Waals surface area contributed by atoms with Crippen LogP contribution in [0, 0.1) is 11.8 Å². The number of carbonyl (C=O) groups excluding carboxylic acids is 3. The van der Waals surface area contributed by atoms with Gasteiger partial charge in [0.05, 0.1) is 11.8 Å². The maximum absolute atomic E-state index is 13.3. The first-order valence-corrected chi connectivity index (χ1v) is 14.8. The number of aliphatic carboxylic acids is 1. The summed E-state index contributed by atoms with van der Waals surface area (Å²) in [5.74, 6) is -5.38. The van der Waals surface area contributed by atoms with E-state index in [2.05, 4.69) is 10.6 Å². The quantitative estimate of drug-likeness (QED) is 0.157. The smallest absolute Gasteiger partial charge is 0.410 e. The zero-order valence-corrected chi connectivity index (χ0v) is 24.1. The third kappa shape index (κ3) is 10.1. The van der Waals surface area contributed by atoms with Crippen molar-refractivity contribution in [2.75, 3.05) is 6.16 Å². The second kappa shape index (κ2) is 14.6. The monoisotopic (exact) mass is 576 g/mol. The second-order valence-electron chi connectivity index (χ2n) is 9.86. The highest BCUT2D eigenvalue weighted by molar-refractivity contribution is 7.58. The molecule has 0 spiro atoms. The highest BCUT2D eigenvalue weighted by Gasteiger charge is 2.36. The van der Waals surface area contributed by atoms with Crippen molar-refractivity contribution < 1.29 is 43.2 Å². The van der Waals surface area contributed by atoms with E-state index in [0.717, 1.165) is 11.1 Å². The molecule has 0 heterocycles. The highest BCUT2D eigenvalue weighted by atomic mass is 31.2. The van der Waals surface area contributed by atoms with Gasteiger partial charge in [-0.15, -0.1) is 0 Å². The Morgan fingerprint density at radius 1 is 0.850 bits per heavy atom. The summed E-state index contributed by atoms with van der Waals surface area (Å²) in [5.41, 5.74) is 2.64. The standard InChI is InChI=1S/C28H37N2O9P/c1-17(2)27(34)38-20(5)39-28(35)30-19(4)40(36,37)16-24(25(31)29-18(3)26(32)33)15-21-11-13-23(14-12-21)22-9-7-6-8-10-22/h6-14,17-20,24H,15-16H2,1-5H3,(H,29,31)(H,30,35)(H,32,33)(H,36,37). The van der Waals surface area contributed by atoms with Crippen LogP contribution in [0.4, 0.5) is 4.79 Å². The summed E-state index contributed by atoms with van der Waals surface area (Å²) in [6.45, 7) is 7.13. The minimum absolute atomic E-state index is 0.0527. The fraction of sp³-hybridized carbons (Fsp3) is 0.429. The first-order chi connectivity index (χ1) is 18.7. The van der Waals surface area contributed by atoms with Crippen LogP contribution in [-0.2, 0) is 34.8 Å². The van der Waals surface area contributed by atoms with Crippen LogP contribution in [0.25, 0.3) is 11.1 Å².